The molecule has 4 nitrogen and oxygen atoms in total. The van der Waals surface area contributed by atoms with Crippen LogP contribution in [-0.4, -0.2) is 49.8 Å². The zero-order valence-corrected chi connectivity index (χ0v) is 8.28. The zero-order chi connectivity index (χ0) is 9.68. The van der Waals surface area contributed by atoms with Gasteiger partial charge in [-0.1, -0.05) is 0 Å². The molecule has 0 radical (unpaired) electrons. The van der Waals surface area contributed by atoms with Gasteiger partial charge in [0.15, 0.2) is 0 Å². The van der Waals surface area contributed by atoms with Gasteiger partial charge in [-0.2, -0.15) is 0 Å². The highest BCUT2D eigenvalue weighted by Crippen LogP contribution is 1.98. The third-order valence-corrected chi connectivity index (χ3v) is 1.90. The van der Waals surface area contributed by atoms with Crippen LogP contribution in [0.1, 0.15) is 13.8 Å². The largest absolute Gasteiger partial charge is 0.377 e. The molecular formula is C9H17NO3. The van der Waals surface area contributed by atoms with Crippen molar-refractivity contribution >= 4 is 5.91 Å². The first kappa shape index (κ1) is 10.5. The Hall–Kier alpha value is -0.610. The van der Waals surface area contributed by atoms with Crippen LogP contribution in [0.25, 0.3) is 0 Å². The number of hydrogen-bond donors (Lipinski definition) is 0. The molecule has 0 bridgehead atoms. The molecule has 1 aliphatic heterocycles. The second-order valence-electron chi connectivity index (χ2n) is 3.35. The number of carbonyl (C=O) groups is 1. The second-order valence-corrected chi connectivity index (χ2v) is 3.35. The minimum absolute atomic E-state index is 0.0682. The number of ether oxygens (including phenoxy) is 2. The lowest BCUT2D eigenvalue weighted by molar-refractivity contribution is -0.143. The molecule has 0 aliphatic carbocycles. The van der Waals surface area contributed by atoms with Gasteiger partial charge in [0.1, 0.15) is 6.61 Å². The van der Waals surface area contributed by atoms with E-state index in [4.69, 9.17) is 9.47 Å². The fourth-order valence-corrected chi connectivity index (χ4v) is 1.19. The van der Waals surface area contributed by atoms with Gasteiger partial charge < -0.3 is 14.4 Å². The summed E-state index contributed by atoms with van der Waals surface area (Å²) in [6, 6.07) is 0. The molecular weight excluding hydrogens is 170 g/mol. The molecule has 0 N–H and O–H groups in total. The van der Waals surface area contributed by atoms with Gasteiger partial charge in [0, 0.05) is 13.1 Å². The molecule has 0 aromatic heterocycles. The lowest BCUT2D eigenvalue weighted by Gasteiger charge is -2.26. The van der Waals surface area contributed by atoms with Crippen LogP contribution < -0.4 is 0 Å². The van der Waals surface area contributed by atoms with Crippen molar-refractivity contribution in [3.05, 3.63) is 0 Å². The topological polar surface area (TPSA) is 38.8 Å². The molecule has 0 aromatic carbocycles. The molecule has 1 heterocycles. The minimum atomic E-state index is 0.0682. The van der Waals surface area contributed by atoms with Crippen LogP contribution >= 0.6 is 0 Å². The van der Waals surface area contributed by atoms with E-state index in [0.29, 0.717) is 26.3 Å². The molecule has 76 valence electrons. The highest BCUT2D eigenvalue weighted by Gasteiger charge is 2.17. The van der Waals surface area contributed by atoms with Crippen molar-refractivity contribution in [2.45, 2.75) is 20.0 Å². The molecule has 1 fully saturated rings. The van der Waals surface area contributed by atoms with Crippen molar-refractivity contribution in [3.63, 3.8) is 0 Å². The summed E-state index contributed by atoms with van der Waals surface area (Å²) in [7, 11) is 0. The van der Waals surface area contributed by atoms with Crippen molar-refractivity contribution in [2.75, 3.05) is 32.9 Å². The van der Waals surface area contributed by atoms with Crippen LogP contribution in [0.4, 0.5) is 0 Å². The first-order valence-corrected chi connectivity index (χ1v) is 4.67. The molecule has 1 saturated heterocycles. The summed E-state index contributed by atoms with van der Waals surface area (Å²) < 4.78 is 10.4. The van der Waals surface area contributed by atoms with Gasteiger partial charge in [0.25, 0.3) is 0 Å². The van der Waals surface area contributed by atoms with Gasteiger partial charge in [-0.25, -0.2) is 0 Å². The Balaban J connectivity index is 2.15. The molecule has 1 rings (SSSR count). The van der Waals surface area contributed by atoms with Crippen LogP contribution in [0.15, 0.2) is 0 Å². The van der Waals surface area contributed by atoms with Crippen molar-refractivity contribution in [1.82, 2.24) is 4.90 Å². The Kier molecular flexibility index (Phi) is 4.18. The molecule has 0 unspecified atom stereocenters. The van der Waals surface area contributed by atoms with E-state index in [2.05, 4.69) is 0 Å². The predicted octanol–water partition coefficient (Wildman–Crippen LogP) is 0.270. The maximum Gasteiger partial charge on any atom is 0.248 e. The molecule has 4 heteroatoms. The first-order chi connectivity index (χ1) is 6.20. The SMILES string of the molecule is CC(C)OCCN1CCOCC1=O. The van der Waals surface area contributed by atoms with Gasteiger partial charge in [-0.05, 0) is 13.8 Å². The molecule has 13 heavy (non-hydrogen) atoms. The van der Waals surface area contributed by atoms with Crippen LogP contribution in [0.3, 0.4) is 0 Å². The van der Waals surface area contributed by atoms with Crippen molar-refractivity contribution in [1.29, 1.82) is 0 Å². The predicted molar refractivity (Wildman–Crippen MR) is 48.5 cm³/mol. The van der Waals surface area contributed by atoms with Gasteiger partial charge in [-0.3, -0.25) is 4.79 Å². The molecule has 0 saturated carbocycles. The number of carbonyl (C=O) groups excluding carboxylic acids is 1. The lowest BCUT2D eigenvalue weighted by Crippen LogP contribution is -2.43. The van der Waals surface area contributed by atoms with Gasteiger partial charge in [-0.15, -0.1) is 0 Å². The summed E-state index contributed by atoms with van der Waals surface area (Å²) in [6.07, 6.45) is 0.233. The summed E-state index contributed by atoms with van der Waals surface area (Å²) >= 11 is 0. The van der Waals surface area contributed by atoms with Crippen molar-refractivity contribution in [3.8, 4) is 0 Å². The number of rotatable bonds is 4. The van der Waals surface area contributed by atoms with Crippen LogP contribution in [0, 0.1) is 0 Å². The fraction of sp³-hybridized carbons (Fsp3) is 0.889. The lowest BCUT2D eigenvalue weighted by atomic mass is 10.4. The first-order valence-electron chi connectivity index (χ1n) is 4.67. The Morgan fingerprint density at radius 2 is 2.38 bits per heavy atom. The summed E-state index contributed by atoms with van der Waals surface area (Å²) in [5.74, 6) is 0.0682. The quantitative estimate of drug-likeness (QED) is 0.634. The number of morpholine rings is 1. The maximum absolute atomic E-state index is 11.2. The Labute approximate surface area is 78.8 Å². The Morgan fingerprint density at radius 3 is 3.00 bits per heavy atom. The van der Waals surface area contributed by atoms with E-state index < -0.39 is 0 Å². The monoisotopic (exact) mass is 187 g/mol. The fourth-order valence-electron chi connectivity index (χ4n) is 1.19. The molecule has 1 amide bonds. The van der Waals surface area contributed by atoms with E-state index in [-0.39, 0.29) is 18.6 Å². The van der Waals surface area contributed by atoms with Crippen molar-refractivity contribution < 1.29 is 14.3 Å². The Bertz CT molecular complexity index is 170. The number of amides is 1. The maximum atomic E-state index is 11.2. The second kappa shape index (κ2) is 5.19. The molecule has 1 aliphatic rings. The zero-order valence-electron chi connectivity index (χ0n) is 8.28. The third-order valence-electron chi connectivity index (χ3n) is 1.90. The summed E-state index contributed by atoms with van der Waals surface area (Å²) in [5.41, 5.74) is 0. The highest BCUT2D eigenvalue weighted by atomic mass is 16.5. The van der Waals surface area contributed by atoms with Crippen LogP contribution in [0.5, 0.6) is 0 Å². The van der Waals surface area contributed by atoms with E-state index in [1.165, 1.54) is 0 Å². The molecule has 0 aromatic rings. The molecule has 0 atom stereocenters. The smallest absolute Gasteiger partial charge is 0.248 e. The van der Waals surface area contributed by atoms with Crippen molar-refractivity contribution in [2.24, 2.45) is 0 Å². The van der Waals surface area contributed by atoms with E-state index in [9.17, 15) is 4.79 Å². The van der Waals surface area contributed by atoms with E-state index in [0.717, 1.165) is 0 Å². The average Bonchev–Trinajstić information content (AvgIpc) is 2.08. The highest BCUT2D eigenvalue weighted by molar-refractivity contribution is 5.77. The van der Waals surface area contributed by atoms with Crippen LogP contribution in [-0.2, 0) is 14.3 Å². The standard InChI is InChI=1S/C9H17NO3/c1-8(2)13-6-4-10-3-5-12-7-9(10)11/h8H,3-7H2,1-2H3. The average molecular weight is 187 g/mol. The van der Waals surface area contributed by atoms with Crippen LogP contribution in [0.2, 0.25) is 0 Å². The third kappa shape index (κ3) is 3.74. The Morgan fingerprint density at radius 1 is 1.62 bits per heavy atom. The van der Waals surface area contributed by atoms with Gasteiger partial charge in [0.2, 0.25) is 5.91 Å². The number of hydrogen-bond acceptors (Lipinski definition) is 3. The number of nitrogens with zero attached hydrogens (tertiary/aromatic N) is 1. The summed E-state index contributed by atoms with van der Waals surface area (Å²) in [4.78, 5) is 13.0. The van der Waals surface area contributed by atoms with Gasteiger partial charge in [0.05, 0.1) is 19.3 Å². The van der Waals surface area contributed by atoms with E-state index in [1.807, 2.05) is 13.8 Å². The summed E-state index contributed by atoms with van der Waals surface area (Å²) in [6.45, 7) is 6.83. The van der Waals surface area contributed by atoms with E-state index >= 15 is 0 Å². The normalized spacial score (nSPS) is 18.4. The molecule has 0 spiro atoms. The summed E-state index contributed by atoms with van der Waals surface area (Å²) in [5, 5.41) is 0. The minimum Gasteiger partial charge on any atom is -0.377 e. The van der Waals surface area contributed by atoms with E-state index in [1.54, 1.807) is 4.90 Å². The van der Waals surface area contributed by atoms with Gasteiger partial charge >= 0.3 is 0 Å².